The van der Waals surface area contributed by atoms with E-state index in [9.17, 15) is 0 Å². The SMILES string of the molecule is CNc1nc(-c2cncs2)nc(C(C)C)c1I. The average molecular weight is 360 g/mol. The minimum atomic E-state index is 0.378. The van der Waals surface area contributed by atoms with Crippen LogP contribution in [-0.4, -0.2) is 22.0 Å². The number of halogens is 1. The summed E-state index contributed by atoms with van der Waals surface area (Å²) in [4.78, 5) is 14.2. The Hall–Kier alpha value is -0.760. The molecule has 6 heteroatoms. The van der Waals surface area contributed by atoms with Crippen molar-refractivity contribution in [2.24, 2.45) is 0 Å². The van der Waals surface area contributed by atoms with Gasteiger partial charge in [0.25, 0.3) is 0 Å². The van der Waals surface area contributed by atoms with Crippen LogP contribution in [0.15, 0.2) is 11.7 Å². The van der Waals surface area contributed by atoms with Crippen LogP contribution in [0.4, 0.5) is 5.82 Å². The summed E-state index contributed by atoms with van der Waals surface area (Å²) in [6.45, 7) is 4.28. The predicted molar refractivity (Wildman–Crippen MR) is 79.5 cm³/mol. The third kappa shape index (κ3) is 2.57. The molecule has 90 valence electrons. The van der Waals surface area contributed by atoms with Gasteiger partial charge >= 0.3 is 0 Å². The van der Waals surface area contributed by atoms with E-state index in [1.807, 2.05) is 7.05 Å². The Morgan fingerprint density at radius 1 is 1.35 bits per heavy atom. The molecule has 4 nitrogen and oxygen atoms in total. The third-order valence-electron chi connectivity index (χ3n) is 2.31. The van der Waals surface area contributed by atoms with Crippen LogP contribution in [0.1, 0.15) is 25.5 Å². The molecule has 0 saturated carbocycles. The lowest BCUT2D eigenvalue weighted by Crippen LogP contribution is -2.06. The van der Waals surface area contributed by atoms with Crippen molar-refractivity contribution in [3.63, 3.8) is 0 Å². The number of hydrogen-bond acceptors (Lipinski definition) is 5. The van der Waals surface area contributed by atoms with Crippen molar-refractivity contribution in [2.75, 3.05) is 12.4 Å². The molecular formula is C11H13IN4S. The van der Waals surface area contributed by atoms with Gasteiger partial charge in [0.15, 0.2) is 5.82 Å². The van der Waals surface area contributed by atoms with E-state index in [2.05, 4.69) is 56.7 Å². The monoisotopic (exact) mass is 360 g/mol. The number of rotatable bonds is 3. The van der Waals surface area contributed by atoms with Crippen LogP contribution in [0.25, 0.3) is 10.7 Å². The maximum Gasteiger partial charge on any atom is 0.173 e. The van der Waals surface area contributed by atoms with E-state index in [0.717, 1.165) is 25.8 Å². The van der Waals surface area contributed by atoms with Crippen molar-refractivity contribution in [3.05, 3.63) is 21.0 Å². The van der Waals surface area contributed by atoms with Crippen LogP contribution in [0, 0.1) is 3.57 Å². The summed E-state index contributed by atoms with van der Waals surface area (Å²) in [6.07, 6.45) is 1.80. The molecule has 0 radical (unpaired) electrons. The Morgan fingerprint density at radius 2 is 2.12 bits per heavy atom. The number of aromatic nitrogens is 3. The zero-order valence-corrected chi connectivity index (χ0v) is 12.8. The molecule has 0 bridgehead atoms. The van der Waals surface area contributed by atoms with Crippen LogP contribution in [0.3, 0.4) is 0 Å². The average Bonchev–Trinajstić information content (AvgIpc) is 2.82. The molecule has 2 rings (SSSR count). The molecule has 17 heavy (non-hydrogen) atoms. The number of hydrogen-bond donors (Lipinski definition) is 1. The molecule has 0 aliphatic heterocycles. The molecule has 0 aromatic carbocycles. The van der Waals surface area contributed by atoms with E-state index in [1.165, 1.54) is 0 Å². The van der Waals surface area contributed by atoms with Crippen molar-refractivity contribution in [1.29, 1.82) is 0 Å². The molecule has 2 heterocycles. The molecule has 0 aliphatic carbocycles. The Bertz CT molecular complexity index is 510. The van der Waals surface area contributed by atoms with Gasteiger partial charge in [-0.1, -0.05) is 13.8 Å². The van der Waals surface area contributed by atoms with Gasteiger partial charge in [0.05, 0.1) is 19.7 Å². The summed E-state index contributed by atoms with van der Waals surface area (Å²) in [5, 5.41) is 3.12. The number of nitrogens with one attached hydrogen (secondary N) is 1. The first-order chi connectivity index (χ1) is 8.13. The largest absolute Gasteiger partial charge is 0.372 e. The maximum absolute atomic E-state index is 4.63. The second-order valence-electron chi connectivity index (χ2n) is 3.87. The molecule has 0 fully saturated rings. The number of nitrogens with zero attached hydrogens (tertiary/aromatic N) is 3. The Labute approximate surface area is 118 Å². The van der Waals surface area contributed by atoms with Crippen LogP contribution < -0.4 is 5.32 Å². The fourth-order valence-electron chi connectivity index (χ4n) is 1.45. The third-order valence-corrected chi connectivity index (χ3v) is 4.15. The van der Waals surface area contributed by atoms with E-state index >= 15 is 0 Å². The van der Waals surface area contributed by atoms with Crippen LogP contribution in [-0.2, 0) is 0 Å². The molecule has 0 amide bonds. The van der Waals surface area contributed by atoms with Crippen molar-refractivity contribution < 1.29 is 0 Å². The van der Waals surface area contributed by atoms with Crippen LogP contribution in [0.5, 0.6) is 0 Å². The molecule has 0 aliphatic rings. The lowest BCUT2D eigenvalue weighted by atomic mass is 10.1. The topological polar surface area (TPSA) is 50.7 Å². The molecule has 0 saturated heterocycles. The Morgan fingerprint density at radius 3 is 2.65 bits per heavy atom. The highest BCUT2D eigenvalue weighted by molar-refractivity contribution is 14.1. The molecular weight excluding hydrogens is 347 g/mol. The van der Waals surface area contributed by atoms with Gasteiger partial charge in [-0.25, -0.2) is 9.97 Å². The highest BCUT2D eigenvalue weighted by Crippen LogP contribution is 2.29. The first-order valence-corrected chi connectivity index (χ1v) is 7.23. The van der Waals surface area contributed by atoms with Crippen LogP contribution >= 0.6 is 33.9 Å². The second-order valence-corrected chi connectivity index (χ2v) is 5.83. The lowest BCUT2D eigenvalue weighted by molar-refractivity contribution is 0.810. The quantitative estimate of drug-likeness (QED) is 0.853. The van der Waals surface area contributed by atoms with Crippen molar-refractivity contribution in [3.8, 4) is 10.7 Å². The number of anilines is 1. The summed E-state index contributed by atoms with van der Waals surface area (Å²) >= 11 is 3.85. The van der Waals surface area contributed by atoms with Gasteiger partial charge in [-0.3, -0.25) is 4.98 Å². The highest BCUT2D eigenvalue weighted by atomic mass is 127. The summed E-state index contributed by atoms with van der Waals surface area (Å²) in [7, 11) is 1.88. The van der Waals surface area contributed by atoms with Crippen molar-refractivity contribution >= 4 is 39.7 Å². The minimum absolute atomic E-state index is 0.378. The first kappa shape index (κ1) is 12.7. The van der Waals surface area contributed by atoms with Gasteiger partial charge in [0, 0.05) is 13.2 Å². The zero-order valence-electron chi connectivity index (χ0n) is 9.86. The maximum atomic E-state index is 4.63. The van der Waals surface area contributed by atoms with Crippen molar-refractivity contribution in [1.82, 2.24) is 15.0 Å². The van der Waals surface area contributed by atoms with E-state index in [4.69, 9.17) is 0 Å². The molecule has 0 unspecified atom stereocenters. The van der Waals surface area contributed by atoms with Gasteiger partial charge in [-0.2, -0.15) is 0 Å². The van der Waals surface area contributed by atoms with E-state index in [-0.39, 0.29) is 0 Å². The summed E-state index contributed by atoms with van der Waals surface area (Å²) in [5.41, 5.74) is 2.87. The normalized spacial score (nSPS) is 10.9. The molecule has 2 aromatic rings. The van der Waals surface area contributed by atoms with Gasteiger partial charge in [-0.05, 0) is 28.5 Å². The lowest BCUT2D eigenvalue weighted by Gasteiger charge is -2.12. The molecule has 1 N–H and O–H groups in total. The molecule has 2 aromatic heterocycles. The molecule has 0 spiro atoms. The zero-order chi connectivity index (χ0) is 12.4. The van der Waals surface area contributed by atoms with E-state index in [1.54, 1.807) is 23.0 Å². The van der Waals surface area contributed by atoms with Crippen molar-refractivity contribution in [2.45, 2.75) is 19.8 Å². The smallest absolute Gasteiger partial charge is 0.173 e. The second kappa shape index (κ2) is 5.26. The summed E-state index contributed by atoms with van der Waals surface area (Å²) < 4.78 is 1.09. The van der Waals surface area contributed by atoms with Crippen LogP contribution in [0.2, 0.25) is 0 Å². The standard InChI is InChI=1S/C11H13IN4S/c1-6(2)9-8(12)11(13-3)16-10(15-9)7-4-14-5-17-7/h4-6H,1-3H3,(H,13,15,16). The van der Waals surface area contributed by atoms with E-state index < -0.39 is 0 Å². The number of thiazole rings is 1. The summed E-state index contributed by atoms with van der Waals surface area (Å²) in [5.74, 6) is 2.01. The minimum Gasteiger partial charge on any atom is -0.372 e. The van der Waals surface area contributed by atoms with Gasteiger partial charge < -0.3 is 5.32 Å². The first-order valence-electron chi connectivity index (χ1n) is 5.27. The van der Waals surface area contributed by atoms with Gasteiger partial charge in [-0.15, -0.1) is 11.3 Å². The predicted octanol–water partition coefficient (Wildman–Crippen LogP) is 3.37. The molecule has 0 atom stereocenters. The Kier molecular flexibility index (Phi) is 3.93. The summed E-state index contributed by atoms with van der Waals surface area (Å²) in [6, 6.07) is 0. The van der Waals surface area contributed by atoms with Gasteiger partial charge in [0.1, 0.15) is 5.82 Å². The fourth-order valence-corrected chi connectivity index (χ4v) is 3.14. The fraction of sp³-hybridized carbons (Fsp3) is 0.364. The Balaban J connectivity index is 2.59. The van der Waals surface area contributed by atoms with E-state index in [0.29, 0.717) is 5.92 Å². The highest BCUT2D eigenvalue weighted by Gasteiger charge is 2.15. The van der Waals surface area contributed by atoms with Gasteiger partial charge in [0.2, 0.25) is 0 Å².